The average molecular weight is 314 g/mol. The second-order valence-electron chi connectivity index (χ2n) is 4.74. The molecule has 1 atom stereocenters. The van der Waals surface area contributed by atoms with E-state index in [1.54, 1.807) is 0 Å². The van der Waals surface area contributed by atoms with Crippen LogP contribution >= 0.6 is 15.9 Å². The lowest BCUT2D eigenvalue weighted by Crippen LogP contribution is -2.29. The third-order valence-electron chi connectivity index (χ3n) is 2.95. The zero-order chi connectivity index (χ0) is 13.7. The molecule has 1 aromatic carbocycles. The highest BCUT2D eigenvalue weighted by atomic mass is 79.9. The van der Waals surface area contributed by atoms with E-state index in [-0.39, 0.29) is 17.8 Å². The molecule has 0 aliphatic rings. The van der Waals surface area contributed by atoms with Crippen molar-refractivity contribution in [3.8, 4) is 0 Å². The highest BCUT2D eigenvalue weighted by molar-refractivity contribution is 9.10. The SMILES string of the molecule is COC(=O)C(CNc1ccc(C)cc1Br)C(C)C. The van der Waals surface area contributed by atoms with Crippen LogP contribution in [0, 0.1) is 18.8 Å². The Hall–Kier alpha value is -1.03. The van der Waals surface area contributed by atoms with Crippen LogP contribution in [-0.2, 0) is 9.53 Å². The Kier molecular flexibility index (Phi) is 5.66. The zero-order valence-corrected chi connectivity index (χ0v) is 12.9. The number of carbonyl (C=O) groups is 1. The van der Waals surface area contributed by atoms with Gasteiger partial charge in [0.25, 0.3) is 0 Å². The number of benzene rings is 1. The summed E-state index contributed by atoms with van der Waals surface area (Å²) in [6.07, 6.45) is 0. The van der Waals surface area contributed by atoms with Crippen molar-refractivity contribution in [2.75, 3.05) is 19.0 Å². The first-order valence-electron chi connectivity index (χ1n) is 6.03. The quantitative estimate of drug-likeness (QED) is 0.844. The number of hydrogen-bond acceptors (Lipinski definition) is 3. The van der Waals surface area contributed by atoms with Gasteiger partial charge in [-0.05, 0) is 46.5 Å². The Bertz CT molecular complexity index is 418. The van der Waals surface area contributed by atoms with Gasteiger partial charge in [0.2, 0.25) is 0 Å². The van der Waals surface area contributed by atoms with Crippen molar-refractivity contribution >= 4 is 27.6 Å². The molecule has 0 aliphatic carbocycles. The third-order valence-corrected chi connectivity index (χ3v) is 3.60. The molecular formula is C14H20BrNO2. The van der Waals surface area contributed by atoms with Crippen LogP contribution in [0.4, 0.5) is 5.69 Å². The lowest BCUT2D eigenvalue weighted by atomic mass is 9.96. The summed E-state index contributed by atoms with van der Waals surface area (Å²) in [5.41, 5.74) is 2.19. The highest BCUT2D eigenvalue weighted by Crippen LogP contribution is 2.24. The first-order chi connectivity index (χ1) is 8.45. The van der Waals surface area contributed by atoms with Crippen LogP contribution in [0.25, 0.3) is 0 Å². The number of anilines is 1. The summed E-state index contributed by atoms with van der Waals surface area (Å²) in [4.78, 5) is 11.6. The Morgan fingerprint density at radius 1 is 1.44 bits per heavy atom. The van der Waals surface area contributed by atoms with E-state index in [9.17, 15) is 4.79 Å². The lowest BCUT2D eigenvalue weighted by Gasteiger charge is -2.20. The van der Waals surface area contributed by atoms with E-state index in [1.807, 2.05) is 39.0 Å². The summed E-state index contributed by atoms with van der Waals surface area (Å²) >= 11 is 3.51. The van der Waals surface area contributed by atoms with Crippen molar-refractivity contribution in [3.63, 3.8) is 0 Å². The van der Waals surface area contributed by atoms with Gasteiger partial charge >= 0.3 is 5.97 Å². The molecular weight excluding hydrogens is 294 g/mol. The van der Waals surface area contributed by atoms with Gasteiger partial charge in [-0.25, -0.2) is 0 Å². The lowest BCUT2D eigenvalue weighted by molar-refractivity contribution is -0.146. The molecule has 0 heterocycles. The molecule has 0 radical (unpaired) electrons. The largest absolute Gasteiger partial charge is 0.469 e. The Morgan fingerprint density at radius 3 is 2.61 bits per heavy atom. The molecule has 1 unspecified atom stereocenters. The first-order valence-corrected chi connectivity index (χ1v) is 6.83. The molecule has 100 valence electrons. The molecule has 0 aliphatic heterocycles. The van der Waals surface area contributed by atoms with E-state index in [2.05, 4.69) is 21.2 Å². The molecule has 0 amide bonds. The molecule has 1 rings (SSSR count). The van der Waals surface area contributed by atoms with E-state index >= 15 is 0 Å². The minimum Gasteiger partial charge on any atom is -0.469 e. The molecule has 1 N–H and O–H groups in total. The van der Waals surface area contributed by atoms with Crippen molar-refractivity contribution in [2.24, 2.45) is 11.8 Å². The van der Waals surface area contributed by atoms with Crippen LogP contribution in [0.2, 0.25) is 0 Å². The summed E-state index contributed by atoms with van der Waals surface area (Å²) in [6, 6.07) is 6.09. The normalized spacial score (nSPS) is 12.3. The van der Waals surface area contributed by atoms with Gasteiger partial charge in [-0.3, -0.25) is 4.79 Å². The fourth-order valence-electron chi connectivity index (χ4n) is 1.73. The van der Waals surface area contributed by atoms with Crippen molar-refractivity contribution < 1.29 is 9.53 Å². The molecule has 18 heavy (non-hydrogen) atoms. The Labute approximate surface area is 117 Å². The van der Waals surface area contributed by atoms with Crippen LogP contribution in [0.1, 0.15) is 19.4 Å². The van der Waals surface area contributed by atoms with Gasteiger partial charge in [0.1, 0.15) is 0 Å². The summed E-state index contributed by atoms with van der Waals surface area (Å²) in [5, 5.41) is 3.29. The maximum atomic E-state index is 11.6. The predicted molar refractivity (Wildman–Crippen MR) is 77.7 cm³/mol. The van der Waals surface area contributed by atoms with E-state index in [0.29, 0.717) is 6.54 Å². The number of halogens is 1. The van der Waals surface area contributed by atoms with Gasteiger partial charge in [-0.1, -0.05) is 19.9 Å². The maximum absolute atomic E-state index is 11.6. The number of rotatable bonds is 5. The van der Waals surface area contributed by atoms with E-state index < -0.39 is 0 Å². The van der Waals surface area contributed by atoms with Gasteiger partial charge in [0, 0.05) is 16.7 Å². The third kappa shape index (κ3) is 4.02. The fraction of sp³-hybridized carbons (Fsp3) is 0.500. The summed E-state index contributed by atoms with van der Waals surface area (Å²) in [6.45, 7) is 6.66. The van der Waals surface area contributed by atoms with Crippen LogP contribution in [0.3, 0.4) is 0 Å². The molecule has 0 bridgehead atoms. The molecule has 0 saturated heterocycles. The number of carbonyl (C=O) groups excluding carboxylic acids is 1. The summed E-state index contributed by atoms with van der Waals surface area (Å²) in [5.74, 6) is -0.0573. The monoisotopic (exact) mass is 313 g/mol. The van der Waals surface area contributed by atoms with Gasteiger partial charge in [0.05, 0.1) is 13.0 Å². The van der Waals surface area contributed by atoms with Gasteiger partial charge in [-0.2, -0.15) is 0 Å². The van der Waals surface area contributed by atoms with Crippen molar-refractivity contribution in [1.82, 2.24) is 0 Å². The average Bonchev–Trinajstić information content (AvgIpc) is 2.31. The molecule has 0 fully saturated rings. The number of ether oxygens (including phenoxy) is 1. The van der Waals surface area contributed by atoms with E-state index in [0.717, 1.165) is 10.2 Å². The molecule has 3 nitrogen and oxygen atoms in total. The predicted octanol–water partition coefficient (Wildman–Crippen LogP) is 3.61. The number of nitrogens with one attached hydrogen (secondary N) is 1. The smallest absolute Gasteiger partial charge is 0.310 e. The van der Waals surface area contributed by atoms with Gasteiger partial charge in [-0.15, -0.1) is 0 Å². The molecule has 0 saturated carbocycles. The summed E-state index contributed by atoms with van der Waals surface area (Å²) in [7, 11) is 1.43. The van der Waals surface area contributed by atoms with Crippen molar-refractivity contribution in [2.45, 2.75) is 20.8 Å². The van der Waals surface area contributed by atoms with Crippen LogP contribution < -0.4 is 5.32 Å². The Balaban J connectivity index is 2.70. The highest BCUT2D eigenvalue weighted by Gasteiger charge is 2.22. The van der Waals surface area contributed by atoms with Gasteiger partial charge in [0.15, 0.2) is 0 Å². The van der Waals surface area contributed by atoms with Crippen molar-refractivity contribution in [1.29, 1.82) is 0 Å². The van der Waals surface area contributed by atoms with Crippen LogP contribution in [-0.4, -0.2) is 19.6 Å². The number of aryl methyl sites for hydroxylation is 1. The molecule has 1 aromatic rings. The summed E-state index contributed by atoms with van der Waals surface area (Å²) < 4.78 is 5.83. The van der Waals surface area contributed by atoms with E-state index in [4.69, 9.17) is 4.74 Å². The van der Waals surface area contributed by atoms with Crippen LogP contribution in [0.5, 0.6) is 0 Å². The minimum atomic E-state index is -0.166. The van der Waals surface area contributed by atoms with E-state index in [1.165, 1.54) is 12.7 Å². The first kappa shape index (κ1) is 15.0. The molecule has 0 aromatic heterocycles. The number of hydrogen-bond donors (Lipinski definition) is 1. The second kappa shape index (κ2) is 6.78. The van der Waals surface area contributed by atoms with Crippen LogP contribution in [0.15, 0.2) is 22.7 Å². The number of methoxy groups -OCH3 is 1. The molecule has 0 spiro atoms. The zero-order valence-electron chi connectivity index (χ0n) is 11.3. The van der Waals surface area contributed by atoms with Crippen molar-refractivity contribution in [3.05, 3.63) is 28.2 Å². The Morgan fingerprint density at radius 2 is 2.11 bits per heavy atom. The second-order valence-corrected chi connectivity index (χ2v) is 5.59. The minimum absolute atomic E-state index is 0.136. The fourth-order valence-corrected chi connectivity index (χ4v) is 2.36. The van der Waals surface area contributed by atoms with Gasteiger partial charge < -0.3 is 10.1 Å². The molecule has 4 heteroatoms. The standard InChI is InChI=1S/C14H20BrNO2/c1-9(2)11(14(17)18-4)8-16-13-6-5-10(3)7-12(13)15/h5-7,9,11,16H,8H2,1-4H3. The topological polar surface area (TPSA) is 38.3 Å². The number of esters is 1. The maximum Gasteiger partial charge on any atom is 0.310 e.